The van der Waals surface area contributed by atoms with E-state index >= 15 is 0 Å². The average molecular weight is 710 g/mol. The summed E-state index contributed by atoms with van der Waals surface area (Å²) in [5.74, 6) is -3.47. The van der Waals surface area contributed by atoms with Crippen molar-refractivity contribution < 1.29 is 77.7 Å². The van der Waals surface area contributed by atoms with E-state index in [1.807, 2.05) is 0 Å². The molecule has 4 rings (SSSR count). The van der Waals surface area contributed by atoms with Crippen LogP contribution < -0.4 is 8.37 Å². The molecule has 0 atom stereocenters. The Balaban J connectivity index is 0.00000324. The third-order valence-electron chi connectivity index (χ3n) is 4.29. The summed E-state index contributed by atoms with van der Waals surface area (Å²) < 4.78 is 131. The van der Waals surface area contributed by atoms with E-state index in [0.717, 1.165) is 18.2 Å². The Morgan fingerprint density at radius 2 is 1.21 bits per heavy atom. The number of benzene rings is 2. The number of hydrogen-bond acceptors (Lipinski definition) is 9. The van der Waals surface area contributed by atoms with Crippen molar-refractivity contribution in [2.75, 3.05) is 0 Å². The Morgan fingerprint density at radius 1 is 0.765 bits per heavy atom. The first-order valence-electron chi connectivity index (χ1n) is 8.14. The zero-order valence-corrected chi connectivity index (χ0v) is 19.4. The van der Waals surface area contributed by atoms with Crippen molar-refractivity contribution in [3.8, 4) is 17.6 Å². The number of nitrogens with zero attached hydrogens (tertiary/aromatic N) is 2. The molecule has 34 heavy (non-hydrogen) atoms. The van der Waals surface area contributed by atoms with Crippen LogP contribution in [0.25, 0.3) is 32.3 Å². The fraction of sp³-hybridized carbons (Fsp3) is 0.125. The van der Waals surface area contributed by atoms with E-state index in [4.69, 9.17) is 0 Å². The van der Waals surface area contributed by atoms with Gasteiger partial charge in [0.05, 0.1) is 0 Å². The van der Waals surface area contributed by atoms with E-state index in [9.17, 15) is 48.3 Å². The molecule has 0 unspecified atom stereocenters. The average Bonchev–Trinajstić information content (AvgIpc) is 2.67. The van der Waals surface area contributed by atoms with E-state index in [1.54, 1.807) is 0 Å². The van der Waals surface area contributed by atoms with E-state index in [0.29, 0.717) is 0 Å². The van der Waals surface area contributed by atoms with Gasteiger partial charge >= 0.3 is 31.3 Å². The SMILES string of the molecule is O=S(=O)(Oc1nc(OS(=O)(=O)C(F)(F)F)c2ccc3c(O)n[c-]c4ccc1c2c43)C(F)(F)F.[Pt]. The predicted molar refractivity (Wildman–Crippen MR) is 97.4 cm³/mol. The van der Waals surface area contributed by atoms with Gasteiger partial charge in [-0.2, -0.15) is 48.2 Å². The van der Waals surface area contributed by atoms with Crippen LogP contribution in [0, 0.1) is 6.20 Å². The van der Waals surface area contributed by atoms with Crippen molar-refractivity contribution in [3.05, 3.63) is 30.5 Å². The molecule has 18 heteroatoms. The topological polar surface area (TPSA) is 133 Å². The first kappa shape index (κ1) is 26.0. The maximum absolute atomic E-state index is 12.8. The normalized spacial score (nSPS) is 13.4. The summed E-state index contributed by atoms with van der Waals surface area (Å²) in [7, 11) is -12.7. The molecule has 2 heterocycles. The number of aromatic hydroxyl groups is 1. The smallest absolute Gasteiger partial charge is 0.534 e. The first-order valence-corrected chi connectivity index (χ1v) is 11.0. The van der Waals surface area contributed by atoms with Crippen LogP contribution in [0.3, 0.4) is 0 Å². The van der Waals surface area contributed by atoms with Gasteiger partial charge in [-0.15, -0.1) is 11.5 Å². The van der Waals surface area contributed by atoms with Crippen molar-refractivity contribution in [1.29, 1.82) is 0 Å². The summed E-state index contributed by atoms with van der Waals surface area (Å²) in [6, 6.07) is 4.22. The second kappa shape index (κ2) is 7.95. The van der Waals surface area contributed by atoms with E-state index in [-0.39, 0.29) is 42.6 Å². The molecule has 0 bridgehead atoms. The molecule has 186 valence electrons. The Hall–Kier alpha value is -2.65. The molecule has 9 nitrogen and oxygen atoms in total. The van der Waals surface area contributed by atoms with Crippen LogP contribution in [0.4, 0.5) is 26.3 Å². The van der Waals surface area contributed by atoms with E-state index in [1.165, 1.54) is 6.07 Å². The zero-order valence-electron chi connectivity index (χ0n) is 15.5. The minimum absolute atomic E-state index is 0. The van der Waals surface area contributed by atoms with Crippen LogP contribution in [-0.4, -0.2) is 42.9 Å². The Labute approximate surface area is 199 Å². The van der Waals surface area contributed by atoms with Crippen LogP contribution in [0.2, 0.25) is 0 Å². The molecule has 1 N–H and O–H groups in total. The maximum Gasteiger partial charge on any atom is 0.534 e. The Bertz CT molecular complexity index is 1570. The summed E-state index contributed by atoms with van der Waals surface area (Å²) in [4.78, 5) is 6.74. The number of rotatable bonds is 4. The molecule has 0 spiro atoms. The zero-order chi connectivity index (χ0) is 24.6. The van der Waals surface area contributed by atoms with Gasteiger partial charge in [0.25, 0.3) is 0 Å². The standard InChI is InChI=1S/C16H5F6N2O7S2.Pt/c17-15(18,19)32(26,27)30-13-8-2-1-6-5-23-12(25)7-3-4-9(11(8)10(6)7)14(24-13)31-33(28,29)16(20,21)22;/h1-4H,(H,23,25);/q-1;. The van der Waals surface area contributed by atoms with Gasteiger partial charge in [-0.3, -0.25) is 0 Å². The molecule has 0 saturated carbocycles. The van der Waals surface area contributed by atoms with Crippen molar-refractivity contribution in [1.82, 2.24) is 9.97 Å². The van der Waals surface area contributed by atoms with Gasteiger partial charge in [-0.25, -0.2) is 0 Å². The molecular formula is C16H5F6N2O7PtS2-. The molecule has 0 aliphatic rings. The van der Waals surface area contributed by atoms with Gasteiger partial charge in [0, 0.05) is 31.8 Å². The summed E-state index contributed by atoms with van der Waals surface area (Å²) in [5.41, 5.74) is -11.9. The molecule has 0 saturated heterocycles. The fourth-order valence-corrected chi connectivity index (χ4v) is 3.81. The number of halogens is 6. The van der Waals surface area contributed by atoms with Gasteiger partial charge in [0.15, 0.2) is 0 Å². The minimum Gasteiger partial charge on any atom is -0.536 e. The molecule has 0 fully saturated rings. The summed E-state index contributed by atoms with van der Waals surface area (Å²) in [5, 5.41) is 8.63. The van der Waals surface area contributed by atoms with Crippen molar-refractivity contribution >= 4 is 52.6 Å². The molecule has 4 aromatic rings. The third-order valence-corrected chi connectivity index (χ3v) is 6.18. The third kappa shape index (κ3) is 4.05. The monoisotopic (exact) mass is 710 g/mol. The van der Waals surface area contributed by atoms with Crippen molar-refractivity contribution in [2.24, 2.45) is 0 Å². The van der Waals surface area contributed by atoms with Crippen LogP contribution >= 0.6 is 0 Å². The molecule has 0 aliphatic carbocycles. The van der Waals surface area contributed by atoms with Gasteiger partial charge in [-0.05, 0) is 17.0 Å². The molecule has 0 aliphatic heterocycles. The second-order valence-electron chi connectivity index (χ2n) is 6.31. The van der Waals surface area contributed by atoms with Crippen LogP contribution in [0.1, 0.15) is 0 Å². The van der Waals surface area contributed by atoms with Crippen LogP contribution in [0.5, 0.6) is 17.6 Å². The quantitative estimate of drug-likeness (QED) is 0.111. The van der Waals surface area contributed by atoms with Gasteiger partial charge in [-0.1, -0.05) is 23.6 Å². The van der Waals surface area contributed by atoms with E-state index < -0.39 is 59.7 Å². The van der Waals surface area contributed by atoms with Crippen LogP contribution in [-0.2, 0) is 41.3 Å². The van der Waals surface area contributed by atoms with Crippen molar-refractivity contribution in [3.63, 3.8) is 0 Å². The van der Waals surface area contributed by atoms with Crippen molar-refractivity contribution in [2.45, 2.75) is 11.0 Å². The van der Waals surface area contributed by atoms with Gasteiger partial charge < -0.3 is 18.5 Å². The van der Waals surface area contributed by atoms with Gasteiger partial charge in [0.1, 0.15) is 5.88 Å². The maximum atomic E-state index is 12.8. The largest absolute Gasteiger partial charge is 0.536 e. The van der Waals surface area contributed by atoms with Gasteiger partial charge in [0.2, 0.25) is 11.8 Å². The fourth-order valence-electron chi connectivity index (χ4n) is 2.95. The number of aromatic nitrogens is 2. The van der Waals surface area contributed by atoms with Crippen LogP contribution in [0.15, 0.2) is 24.3 Å². The summed E-state index contributed by atoms with van der Waals surface area (Å²) in [6.45, 7) is 0. The number of alkyl halides is 6. The molecule has 0 amide bonds. The van der Waals surface area contributed by atoms with E-state index in [2.05, 4.69) is 24.5 Å². The number of pyridine rings is 2. The Kier molecular flexibility index (Phi) is 6.07. The number of hydrogen-bond donors (Lipinski definition) is 1. The summed E-state index contributed by atoms with van der Waals surface area (Å²) in [6.07, 6.45) is 2.36. The molecular weight excluding hydrogens is 705 g/mol. The Morgan fingerprint density at radius 3 is 1.68 bits per heavy atom. The minimum atomic E-state index is -6.37. The molecule has 2 aromatic heterocycles. The first-order chi connectivity index (χ1) is 15.0. The predicted octanol–water partition coefficient (Wildman–Crippen LogP) is 3.33. The molecule has 0 radical (unpaired) electrons. The second-order valence-corrected chi connectivity index (χ2v) is 9.38. The molecule has 2 aromatic carbocycles. The summed E-state index contributed by atoms with van der Waals surface area (Å²) >= 11 is 0.